The summed E-state index contributed by atoms with van der Waals surface area (Å²) in [6, 6.07) is 3.55. The van der Waals surface area contributed by atoms with Crippen LogP contribution in [0.2, 0.25) is 0 Å². The van der Waals surface area contributed by atoms with Gasteiger partial charge in [-0.3, -0.25) is 0 Å². The summed E-state index contributed by atoms with van der Waals surface area (Å²) >= 11 is 1.67. The Kier molecular flexibility index (Phi) is 5.47. The fraction of sp³-hybridized carbons (Fsp3) is 0.538. The van der Waals surface area contributed by atoms with Gasteiger partial charge < -0.3 is 15.4 Å². The summed E-state index contributed by atoms with van der Waals surface area (Å²) < 4.78 is 5.44. The minimum atomic E-state index is -0.215. The van der Waals surface area contributed by atoms with Crippen molar-refractivity contribution >= 4 is 23.5 Å². The molecule has 2 heterocycles. The van der Waals surface area contributed by atoms with E-state index in [2.05, 4.69) is 22.5 Å². The zero-order chi connectivity index (χ0) is 13.5. The molecular weight excluding hydrogens is 262 g/mol. The van der Waals surface area contributed by atoms with E-state index >= 15 is 0 Å². The maximum Gasteiger partial charge on any atom is 0.319 e. The summed E-state index contributed by atoms with van der Waals surface area (Å²) in [5.41, 5.74) is 0.699. The average Bonchev–Trinajstić information content (AvgIpc) is 2.92. The van der Waals surface area contributed by atoms with Gasteiger partial charge in [-0.2, -0.15) is 0 Å². The molecule has 0 saturated carbocycles. The summed E-state index contributed by atoms with van der Waals surface area (Å²) in [5, 5.41) is 6.53. The van der Waals surface area contributed by atoms with Crippen molar-refractivity contribution in [2.75, 3.05) is 24.2 Å². The van der Waals surface area contributed by atoms with Crippen LogP contribution in [0.25, 0.3) is 0 Å². The molecule has 0 aromatic carbocycles. The molecule has 104 valence electrons. The minimum Gasteiger partial charge on any atom is -0.376 e. The Morgan fingerprint density at radius 1 is 1.58 bits per heavy atom. The topological polar surface area (TPSA) is 63.2 Å². The first-order valence-electron chi connectivity index (χ1n) is 6.53. The largest absolute Gasteiger partial charge is 0.376 e. The Labute approximate surface area is 117 Å². The molecule has 2 amide bonds. The quantitative estimate of drug-likeness (QED) is 0.814. The van der Waals surface area contributed by atoms with Crippen molar-refractivity contribution in [2.45, 2.75) is 30.9 Å². The van der Waals surface area contributed by atoms with Crippen LogP contribution in [0.1, 0.15) is 19.8 Å². The number of carbonyl (C=O) groups is 1. The van der Waals surface area contributed by atoms with Gasteiger partial charge in [-0.1, -0.05) is 6.92 Å². The molecule has 5 nitrogen and oxygen atoms in total. The highest BCUT2D eigenvalue weighted by Gasteiger charge is 2.15. The van der Waals surface area contributed by atoms with E-state index in [-0.39, 0.29) is 12.1 Å². The minimum absolute atomic E-state index is 0.159. The molecule has 0 aliphatic carbocycles. The van der Waals surface area contributed by atoms with Crippen LogP contribution in [0, 0.1) is 0 Å². The monoisotopic (exact) mass is 281 g/mol. The third-order valence-electron chi connectivity index (χ3n) is 2.80. The Morgan fingerprint density at radius 2 is 2.47 bits per heavy atom. The van der Waals surface area contributed by atoms with E-state index in [9.17, 15) is 4.79 Å². The number of thioether (sulfide) groups is 1. The van der Waals surface area contributed by atoms with E-state index in [4.69, 9.17) is 4.74 Å². The zero-order valence-corrected chi connectivity index (χ0v) is 11.8. The van der Waals surface area contributed by atoms with Gasteiger partial charge in [0.2, 0.25) is 0 Å². The molecule has 6 heteroatoms. The van der Waals surface area contributed by atoms with Gasteiger partial charge in [0.15, 0.2) is 0 Å². The Morgan fingerprint density at radius 3 is 3.11 bits per heavy atom. The van der Waals surface area contributed by atoms with E-state index in [0.717, 1.165) is 30.2 Å². The van der Waals surface area contributed by atoms with Crippen LogP contribution in [0.5, 0.6) is 0 Å². The number of ether oxygens (including phenoxy) is 1. The Balaban J connectivity index is 1.74. The number of anilines is 1. The standard InChI is InChI=1S/C13H19N3O2S/c1-2-19-12-6-5-10(8-14-12)16-13(17)15-9-11-4-3-7-18-11/h5-6,8,11H,2-4,7,9H2,1H3,(H2,15,16,17)/t11-/m1/s1. The lowest BCUT2D eigenvalue weighted by Crippen LogP contribution is -2.35. The summed E-state index contributed by atoms with van der Waals surface area (Å²) in [6.45, 7) is 3.44. The van der Waals surface area contributed by atoms with E-state index in [1.54, 1.807) is 18.0 Å². The maximum absolute atomic E-state index is 11.7. The number of hydrogen-bond acceptors (Lipinski definition) is 4. The van der Waals surface area contributed by atoms with Crippen LogP contribution in [0.4, 0.5) is 10.5 Å². The van der Waals surface area contributed by atoms with E-state index in [0.29, 0.717) is 12.2 Å². The van der Waals surface area contributed by atoms with Crippen molar-refractivity contribution < 1.29 is 9.53 Å². The van der Waals surface area contributed by atoms with Crippen molar-refractivity contribution in [3.05, 3.63) is 18.3 Å². The number of nitrogens with zero attached hydrogens (tertiary/aromatic N) is 1. The third kappa shape index (κ3) is 4.72. The molecule has 2 rings (SSSR count). The van der Waals surface area contributed by atoms with Crippen molar-refractivity contribution in [1.29, 1.82) is 0 Å². The van der Waals surface area contributed by atoms with Crippen molar-refractivity contribution in [2.24, 2.45) is 0 Å². The van der Waals surface area contributed by atoms with Crippen LogP contribution in [0.15, 0.2) is 23.4 Å². The molecule has 1 aliphatic rings. The van der Waals surface area contributed by atoms with Crippen molar-refractivity contribution in [3.8, 4) is 0 Å². The first-order chi connectivity index (χ1) is 9.28. The molecule has 1 aromatic rings. The van der Waals surface area contributed by atoms with Crippen LogP contribution >= 0.6 is 11.8 Å². The first-order valence-corrected chi connectivity index (χ1v) is 7.52. The number of carbonyl (C=O) groups excluding carboxylic acids is 1. The second kappa shape index (κ2) is 7.35. The second-order valence-electron chi connectivity index (χ2n) is 4.29. The Hall–Kier alpha value is -1.27. The normalized spacial score (nSPS) is 18.3. The third-order valence-corrected chi connectivity index (χ3v) is 3.63. The van der Waals surface area contributed by atoms with Gasteiger partial charge in [0.05, 0.1) is 23.0 Å². The predicted octanol–water partition coefficient (Wildman–Crippen LogP) is 2.49. The highest BCUT2D eigenvalue weighted by Crippen LogP contribution is 2.16. The van der Waals surface area contributed by atoms with Gasteiger partial charge in [0.25, 0.3) is 0 Å². The van der Waals surface area contributed by atoms with Gasteiger partial charge >= 0.3 is 6.03 Å². The van der Waals surface area contributed by atoms with Gasteiger partial charge in [-0.25, -0.2) is 9.78 Å². The molecule has 1 aromatic heterocycles. The second-order valence-corrected chi connectivity index (χ2v) is 5.57. The number of aromatic nitrogens is 1. The lowest BCUT2D eigenvalue weighted by molar-refractivity contribution is 0.112. The maximum atomic E-state index is 11.7. The average molecular weight is 281 g/mol. The summed E-state index contributed by atoms with van der Waals surface area (Å²) in [5.74, 6) is 0.988. The molecule has 1 fully saturated rings. The SMILES string of the molecule is CCSc1ccc(NC(=O)NC[C@H]2CCCO2)cn1. The zero-order valence-electron chi connectivity index (χ0n) is 11.0. The molecule has 0 radical (unpaired) electrons. The number of rotatable bonds is 5. The molecule has 1 aliphatic heterocycles. The van der Waals surface area contributed by atoms with E-state index < -0.39 is 0 Å². The number of amides is 2. The lowest BCUT2D eigenvalue weighted by Gasteiger charge is -2.11. The molecule has 2 N–H and O–H groups in total. The molecule has 0 unspecified atom stereocenters. The molecule has 1 atom stereocenters. The van der Waals surface area contributed by atoms with Crippen molar-refractivity contribution in [3.63, 3.8) is 0 Å². The predicted molar refractivity (Wildman–Crippen MR) is 76.6 cm³/mol. The lowest BCUT2D eigenvalue weighted by atomic mass is 10.2. The van der Waals surface area contributed by atoms with Crippen LogP contribution in [-0.4, -0.2) is 36.0 Å². The fourth-order valence-corrected chi connectivity index (χ4v) is 2.46. The molecule has 1 saturated heterocycles. The number of hydrogen-bond donors (Lipinski definition) is 2. The van der Waals surface area contributed by atoms with Gasteiger partial charge in [0.1, 0.15) is 0 Å². The number of nitrogens with one attached hydrogen (secondary N) is 2. The van der Waals surface area contributed by atoms with Gasteiger partial charge in [0, 0.05) is 13.2 Å². The van der Waals surface area contributed by atoms with Crippen molar-refractivity contribution in [1.82, 2.24) is 10.3 Å². The van der Waals surface area contributed by atoms with E-state index in [1.165, 1.54) is 0 Å². The fourth-order valence-electron chi connectivity index (χ4n) is 1.87. The van der Waals surface area contributed by atoms with Crippen LogP contribution < -0.4 is 10.6 Å². The highest BCUT2D eigenvalue weighted by atomic mass is 32.2. The Bertz CT molecular complexity index is 405. The number of urea groups is 1. The number of pyridine rings is 1. The summed E-state index contributed by atoms with van der Waals surface area (Å²) in [4.78, 5) is 15.9. The smallest absolute Gasteiger partial charge is 0.319 e. The van der Waals surface area contributed by atoms with Gasteiger partial charge in [-0.05, 0) is 30.7 Å². The first kappa shape index (κ1) is 14.1. The summed E-state index contributed by atoms with van der Waals surface area (Å²) in [6.07, 6.45) is 3.93. The molecular formula is C13H19N3O2S. The molecule has 0 bridgehead atoms. The summed E-state index contributed by atoms with van der Waals surface area (Å²) in [7, 11) is 0. The van der Waals surface area contributed by atoms with E-state index in [1.807, 2.05) is 12.1 Å². The van der Waals surface area contributed by atoms with Gasteiger partial charge in [-0.15, -0.1) is 11.8 Å². The van der Waals surface area contributed by atoms with Crippen LogP contribution in [-0.2, 0) is 4.74 Å². The molecule has 19 heavy (non-hydrogen) atoms. The molecule has 0 spiro atoms. The highest BCUT2D eigenvalue weighted by molar-refractivity contribution is 7.99. The van der Waals surface area contributed by atoms with Crippen LogP contribution in [0.3, 0.4) is 0 Å².